The number of anilines is 1. The van der Waals surface area contributed by atoms with Crippen molar-refractivity contribution in [2.75, 3.05) is 5.73 Å². The first-order valence-corrected chi connectivity index (χ1v) is 3.62. The largest absolute Gasteiger partial charge is 0.383 e. The minimum absolute atomic E-state index is 0.165. The van der Waals surface area contributed by atoms with Gasteiger partial charge in [0, 0.05) is 13.2 Å². The highest BCUT2D eigenvalue weighted by molar-refractivity contribution is 5.83. The number of hydrogen-bond acceptors (Lipinski definition) is 5. The monoisotopic (exact) mass is 177 g/mol. The lowest BCUT2D eigenvalue weighted by Gasteiger charge is -2.02. The van der Waals surface area contributed by atoms with Gasteiger partial charge in [-0.05, 0) is 0 Å². The van der Waals surface area contributed by atoms with Gasteiger partial charge in [0.2, 0.25) is 0 Å². The standard InChI is InChI=1S/C7H7N5O/c1-12-6-4(2-9-3-10-6)5(8)11-7(12)13/h2-3H,1H3,(H2,8,11,13). The zero-order chi connectivity index (χ0) is 9.42. The van der Waals surface area contributed by atoms with E-state index in [-0.39, 0.29) is 5.82 Å². The van der Waals surface area contributed by atoms with Gasteiger partial charge in [0.1, 0.15) is 12.1 Å². The zero-order valence-electron chi connectivity index (χ0n) is 6.93. The maximum absolute atomic E-state index is 11.2. The molecule has 0 saturated carbocycles. The predicted octanol–water partition coefficient (Wildman–Crippen LogP) is -0.694. The lowest BCUT2D eigenvalue weighted by Crippen LogP contribution is -2.22. The lowest BCUT2D eigenvalue weighted by atomic mass is 10.4. The van der Waals surface area contributed by atoms with Gasteiger partial charge in [-0.25, -0.2) is 14.8 Å². The Morgan fingerprint density at radius 1 is 1.54 bits per heavy atom. The number of nitrogen functional groups attached to an aromatic ring is 1. The molecule has 2 N–H and O–H groups in total. The van der Waals surface area contributed by atoms with E-state index in [1.807, 2.05) is 0 Å². The summed E-state index contributed by atoms with van der Waals surface area (Å²) >= 11 is 0. The van der Waals surface area contributed by atoms with E-state index in [4.69, 9.17) is 5.73 Å². The maximum Gasteiger partial charge on any atom is 0.350 e. The molecule has 66 valence electrons. The van der Waals surface area contributed by atoms with E-state index < -0.39 is 5.69 Å². The smallest absolute Gasteiger partial charge is 0.350 e. The van der Waals surface area contributed by atoms with Crippen molar-refractivity contribution in [3.8, 4) is 0 Å². The van der Waals surface area contributed by atoms with Gasteiger partial charge in [-0.1, -0.05) is 0 Å². The minimum Gasteiger partial charge on any atom is -0.383 e. The van der Waals surface area contributed by atoms with Crippen molar-refractivity contribution in [3.05, 3.63) is 23.0 Å². The molecule has 6 nitrogen and oxygen atoms in total. The molecule has 0 fully saturated rings. The van der Waals surface area contributed by atoms with Crippen LogP contribution < -0.4 is 11.4 Å². The SMILES string of the molecule is Cn1c(=O)nc(N)c2cncnc21. The molecule has 0 aliphatic carbocycles. The van der Waals surface area contributed by atoms with Gasteiger partial charge in [0.15, 0.2) is 5.65 Å². The Hall–Kier alpha value is -1.98. The molecule has 0 amide bonds. The van der Waals surface area contributed by atoms with Gasteiger partial charge in [0.25, 0.3) is 0 Å². The van der Waals surface area contributed by atoms with Gasteiger partial charge in [-0.3, -0.25) is 4.57 Å². The maximum atomic E-state index is 11.2. The van der Waals surface area contributed by atoms with Crippen molar-refractivity contribution in [1.29, 1.82) is 0 Å². The second kappa shape index (κ2) is 2.51. The Labute approximate surface area is 73.1 Å². The van der Waals surface area contributed by atoms with Crippen LogP contribution in [0.3, 0.4) is 0 Å². The van der Waals surface area contributed by atoms with Crippen LogP contribution in [0.2, 0.25) is 0 Å². The summed E-state index contributed by atoms with van der Waals surface area (Å²) in [5.74, 6) is 0.165. The number of rotatable bonds is 0. The highest BCUT2D eigenvalue weighted by atomic mass is 16.1. The Kier molecular flexibility index (Phi) is 1.48. The van der Waals surface area contributed by atoms with Crippen LogP contribution in [0.25, 0.3) is 11.0 Å². The number of nitrogens with two attached hydrogens (primary N) is 1. The summed E-state index contributed by atoms with van der Waals surface area (Å²) in [4.78, 5) is 22.5. The van der Waals surface area contributed by atoms with Crippen molar-refractivity contribution in [3.63, 3.8) is 0 Å². The molecular formula is C7H7N5O. The van der Waals surface area contributed by atoms with Gasteiger partial charge in [-0.2, -0.15) is 4.98 Å². The Morgan fingerprint density at radius 3 is 3.08 bits per heavy atom. The fourth-order valence-corrected chi connectivity index (χ4v) is 1.10. The van der Waals surface area contributed by atoms with E-state index in [9.17, 15) is 4.79 Å². The first-order chi connectivity index (χ1) is 6.20. The molecule has 0 bridgehead atoms. The number of aromatic nitrogens is 4. The van der Waals surface area contributed by atoms with E-state index in [0.717, 1.165) is 0 Å². The molecule has 0 spiro atoms. The quantitative estimate of drug-likeness (QED) is 0.575. The molecule has 2 aromatic rings. The van der Waals surface area contributed by atoms with Crippen molar-refractivity contribution in [2.24, 2.45) is 7.05 Å². The van der Waals surface area contributed by atoms with E-state index in [2.05, 4.69) is 15.0 Å². The van der Waals surface area contributed by atoms with Crippen LogP contribution in [0.15, 0.2) is 17.3 Å². The van der Waals surface area contributed by atoms with Crippen molar-refractivity contribution in [1.82, 2.24) is 19.5 Å². The van der Waals surface area contributed by atoms with Crippen LogP contribution >= 0.6 is 0 Å². The Morgan fingerprint density at radius 2 is 2.31 bits per heavy atom. The van der Waals surface area contributed by atoms with Crippen LogP contribution in [0.1, 0.15) is 0 Å². The molecule has 0 atom stereocenters. The Balaban J connectivity index is 3.06. The van der Waals surface area contributed by atoms with E-state index in [0.29, 0.717) is 11.0 Å². The number of nitrogens with zero attached hydrogens (tertiary/aromatic N) is 4. The highest BCUT2D eigenvalue weighted by Crippen LogP contribution is 2.10. The van der Waals surface area contributed by atoms with Crippen molar-refractivity contribution in [2.45, 2.75) is 0 Å². The molecule has 0 unspecified atom stereocenters. The van der Waals surface area contributed by atoms with Gasteiger partial charge in [-0.15, -0.1) is 0 Å². The number of aryl methyl sites for hydroxylation is 1. The molecule has 2 heterocycles. The fourth-order valence-electron chi connectivity index (χ4n) is 1.10. The lowest BCUT2D eigenvalue weighted by molar-refractivity contribution is 0.838. The van der Waals surface area contributed by atoms with Crippen LogP contribution in [-0.4, -0.2) is 19.5 Å². The van der Waals surface area contributed by atoms with Gasteiger partial charge >= 0.3 is 5.69 Å². The average molecular weight is 177 g/mol. The van der Waals surface area contributed by atoms with E-state index in [1.54, 1.807) is 7.05 Å². The highest BCUT2D eigenvalue weighted by Gasteiger charge is 2.05. The molecule has 0 aromatic carbocycles. The molecular weight excluding hydrogens is 170 g/mol. The van der Waals surface area contributed by atoms with Crippen LogP contribution in [0.4, 0.5) is 5.82 Å². The summed E-state index contributed by atoms with van der Waals surface area (Å²) in [6.07, 6.45) is 2.89. The van der Waals surface area contributed by atoms with Crippen molar-refractivity contribution < 1.29 is 0 Å². The van der Waals surface area contributed by atoms with Gasteiger partial charge < -0.3 is 5.73 Å². The molecule has 0 aliphatic heterocycles. The third-order valence-corrected chi connectivity index (χ3v) is 1.79. The third-order valence-electron chi connectivity index (χ3n) is 1.79. The third kappa shape index (κ3) is 1.03. The predicted molar refractivity (Wildman–Crippen MR) is 47.0 cm³/mol. The summed E-state index contributed by atoms with van der Waals surface area (Å²) < 4.78 is 1.33. The molecule has 0 radical (unpaired) electrons. The van der Waals surface area contributed by atoms with Crippen LogP contribution in [-0.2, 0) is 7.05 Å². The minimum atomic E-state index is -0.413. The number of hydrogen-bond donors (Lipinski definition) is 1. The summed E-state index contributed by atoms with van der Waals surface area (Å²) in [6, 6.07) is 0. The zero-order valence-corrected chi connectivity index (χ0v) is 6.93. The fraction of sp³-hybridized carbons (Fsp3) is 0.143. The summed E-state index contributed by atoms with van der Waals surface area (Å²) in [5, 5.41) is 0.588. The summed E-state index contributed by atoms with van der Waals surface area (Å²) in [7, 11) is 1.59. The summed E-state index contributed by atoms with van der Waals surface area (Å²) in [5.41, 5.74) is 5.60. The van der Waals surface area contributed by atoms with Crippen LogP contribution in [0, 0.1) is 0 Å². The normalized spacial score (nSPS) is 10.5. The van der Waals surface area contributed by atoms with E-state index in [1.165, 1.54) is 17.1 Å². The second-order valence-corrected chi connectivity index (χ2v) is 2.60. The molecule has 2 rings (SSSR count). The molecule has 0 aliphatic rings. The Bertz CT molecular complexity index is 518. The average Bonchev–Trinajstić information content (AvgIpc) is 2.15. The number of fused-ring (bicyclic) bond motifs is 1. The summed E-state index contributed by atoms with van der Waals surface area (Å²) in [6.45, 7) is 0. The molecule has 0 saturated heterocycles. The first kappa shape index (κ1) is 7.66. The molecule has 13 heavy (non-hydrogen) atoms. The van der Waals surface area contributed by atoms with Crippen LogP contribution in [0.5, 0.6) is 0 Å². The first-order valence-electron chi connectivity index (χ1n) is 3.62. The second-order valence-electron chi connectivity index (χ2n) is 2.60. The van der Waals surface area contributed by atoms with E-state index >= 15 is 0 Å². The topological polar surface area (TPSA) is 86.7 Å². The molecule has 2 aromatic heterocycles. The van der Waals surface area contributed by atoms with Crippen molar-refractivity contribution >= 4 is 16.9 Å². The molecule has 6 heteroatoms. The van der Waals surface area contributed by atoms with Gasteiger partial charge in [0.05, 0.1) is 5.39 Å².